The van der Waals surface area contributed by atoms with E-state index in [1.54, 1.807) is 0 Å². The summed E-state index contributed by atoms with van der Waals surface area (Å²) in [5.41, 5.74) is 0.493. The van der Waals surface area contributed by atoms with Gasteiger partial charge in [0.15, 0.2) is 22.9 Å². The number of nitrogens with one attached hydrogen (secondary N) is 1. The van der Waals surface area contributed by atoms with Crippen molar-refractivity contribution in [2.75, 3.05) is 5.73 Å². The highest BCUT2D eigenvalue weighted by Gasteiger charge is 2.47. The highest BCUT2D eigenvalue weighted by atomic mass is 19.4. The molecule has 12 heteroatoms. The van der Waals surface area contributed by atoms with Crippen LogP contribution in [0.15, 0.2) is 0 Å². The van der Waals surface area contributed by atoms with Gasteiger partial charge in [-0.25, -0.2) is 15.8 Å². The summed E-state index contributed by atoms with van der Waals surface area (Å²) in [4.78, 5) is 16.1. The molecule has 6 nitrogen and oxygen atoms in total. The highest BCUT2D eigenvalue weighted by molar-refractivity contribution is 5.95. The lowest BCUT2D eigenvalue weighted by atomic mass is 10.2. The topological polar surface area (TPSA) is 107 Å². The molecule has 1 aromatic rings. The molecule has 1 aromatic heterocycles. The third-order valence-electron chi connectivity index (χ3n) is 1.81. The smallest absolute Gasteiger partial charge is 0.382 e. The fourth-order valence-electron chi connectivity index (χ4n) is 1.08. The summed E-state index contributed by atoms with van der Waals surface area (Å²) in [5.74, 6) is 2.11. The van der Waals surface area contributed by atoms with E-state index in [1.165, 1.54) is 5.43 Å². The molecule has 0 radical (unpaired) electrons. The monoisotopic (exact) mass is 289 g/mol. The third kappa shape index (κ3) is 3.01. The summed E-state index contributed by atoms with van der Waals surface area (Å²) in [5, 5.41) is 0. The van der Waals surface area contributed by atoms with Crippen molar-refractivity contribution in [3.8, 4) is 0 Å². The maximum absolute atomic E-state index is 12.5. The van der Waals surface area contributed by atoms with Crippen molar-refractivity contribution < 1.29 is 31.1 Å². The zero-order valence-corrected chi connectivity index (χ0v) is 8.73. The number of halogens is 6. The molecule has 0 unspecified atom stereocenters. The Bertz CT molecular complexity index is 510. The first kappa shape index (κ1) is 14.9. The van der Waals surface area contributed by atoms with Crippen molar-refractivity contribution in [3.05, 3.63) is 17.1 Å². The molecule has 1 amide bonds. The standard InChI is InChI=1S/C7H5F6N5O/c8-6(9,10)2-3(7(11,12)13)17-4(14)1(16-2)5(19)18-15/h15H2,(H2,14,17)(H,18,19). The molecule has 0 bridgehead atoms. The van der Waals surface area contributed by atoms with Gasteiger partial charge in [0.1, 0.15) is 0 Å². The lowest BCUT2D eigenvalue weighted by molar-refractivity contribution is -0.167. The number of nitrogens with zero attached hydrogens (tertiary/aromatic N) is 2. The van der Waals surface area contributed by atoms with E-state index in [1.807, 2.05) is 0 Å². The number of hydrazine groups is 1. The first-order valence-corrected chi connectivity index (χ1v) is 4.31. The number of aromatic nitrogens is 2. The molecule has 0 aliphatic heterocycles. The van der Waals surface area contributed by atoms with Crippen molar-refractivity contribution in [1.82, 2.24) is 15.4 Å². The molecule has 0 atom stereocenters. The molecule has 0 saturated heterocycles. The summed E-state index contributed by atoms with van der Waals surface area (Å²) in [6.07, 6.45) is -10.9. The minimum Gasteiger partial charge on any atom is -0.382 e. The second-order valence-electron chi connectivity index (χ2n) is 3.12. The predicted octanol–water partition coefficient (Wildman–Crippen LogP) is 0.700. The highest BCUT2D eigenvalue weighted by Crippen LogP contribution is 2.38. The molecule has 106 valence electrons. The van der Waals surface area contributed by atoms with Crippen LogP contribution >= 0.6 is 0 Å². The lowest BCUT2D eigenvalue weighted by Gasteiger charge is -2.15. The summed E-state index contributed by atoms with van der Waals surface area (Å²) >= 11 is 0. The predicted molar refractivity (Wildman–Crippen MR) is 48.1 cm³/mol. The molecule has 0 fully saturated rings. The van der Waals surface area contributed by atoms with Crippen LogP contribution in [0.3, 0.4) is 0 Å². The van der Waals surface area contributed by atoms with Crippen LogP contribution < -0.4 is 17.0 Å². The SMILES string of the molecule is NNC(=O)c1nc(C(F)(F)F)c(C(F)(F)F)nc1N. The molecule has 0 aromatic carbocycles. The molecule has 0 aliphatic carbocycles. The van der Waals surface area contributed by atoms with E-state index in [9.17, 15) is 31.1 Å². The normalized spacial score (nSPS) is 12.4. The molecule has 0 saturated carbocycles. The molecular weight excluding hydrogens is 284 g/mol. The van der Waals surface area contributed by atoms with E-state index in [-0.39, 0.29) is 0 Å². The number of carbonyl (C=O) groups is 1. The zero-order valence-electron chi connectivity index (χ0n) is 8.73. The van der Waals surface area contributed by atoms with E-state index >= 15 is 0 Å². The van der Waals surface area contributed by atoms with Crippen molar-refractivity contribution >= 4 is 11.7 Å². The van der Waals surface area contributed by atoms with E-state index < -0.39 is 41.2 Å². The Kier molecular flexibility index (Phi) is 3.56. The van der Waals surface area contributed by atoms with Crippen LogP contribution in [0.5, 0.6) is 0 Å². The average Bonchev–Trinajstić information content (AvgIpc) is 2.24. The molecule has 0 spiro atoms. The number of hydrogen-bond donors (Lipinski definition) is 3. The van der Waals surface area contributed by atoms with Crippen molar-refractivity contribution in [2.45, 2.75) is 12.4 Å². The number of nitrogens with two attached hydrogens (primary N) is 2. The van der Waals surface area contributed by atoms with E-state index in [0.29, 0.717) is 0 Å². The number of rotatable bonds is 1. The average molecular weight is 289 g/mol. The van der Waals surface area contributed by atoms with Gasteiger partial charge in [-0.15, -0.1) is 0 Å². The van der Waals surface area contributed by atoms with Gasteiger partial charge < -0.3 is 5.73 Å². The van der Waals surface area contributed by atoms with Crippen molar-refractivity contribution in [2.24, 2.45) is 5.84 Å². The van der Waals surface area contributed by atoms with E-state index in [0.717, 1.165) is 0 Å². The van der Waals surface area contributed by atoms with Crippen LogP contribution in [0, 0.1) is 0 Å². The van der Waals surface area contributed by atoms with Crippen LogP contribution in [-0.4, -0.2) is 15.9 Å². The Hall–Kier alpha value is -2.11. The van der Waals surface area contributed by atoms with Gasteiger partial charge >= 0.3 is 12.4 Å². The first-order chi connectivity index (χ1) is 8.48. The van der Waals surface area contributed by atoms with Crippen LogP contribution in [0.2, 0.25) is 0 Å². The Morgan fingerprint density at radius 3 is 1.79 bits per heavy atom. The molecule has 19 heavy (non-hydrogen) atoms. The quantitative estimate of drug-likeness (QED) is 0.305. The van der Waals surface area contributed by atoms with E-state index in [4.69, 9.17) is 5.73 Å². The largest absolute Gasteiger partial charge is 0.435 e. The Morgan fingerprint density at radius 1 is 1.00 bits per heavy atom. The molecule has 1 rings (SSSR count). The summed E-state index contributed by atoms with van der Waals surface area (Å²) in [7, 11) is 0. The van der Waals surface area contributed by atoms with Gasteiger partial charge in [-0.2, -0.15) is 26.3 Å². The maximum Gasteiger partial charge on any atom is 0.435 e. The summed E-state index contributed by atoms with van der Waals surface area (Å²) < 4.78 is 74.5. The number of hydrogen-bond acceptors (Lipinski definition) is 5. The fraction of sp³-hybridized carbons (Fsp3) is 0.286. The number of nitrogen functional groups attached to an aromatic ring is 2. The molecule has 5 N–H and O–H groups in total. The van der Waals surface area contributed by atoms with Crippen LogP contribution in [0.25, 0.3) is 0 Å². The molecule has 0 aliphatic rings. The summed E-state index contributed by atoms with van der Waals surface area (Å²) in [6.45, 7) is 0. The number of alkyl halides is 6. The van der Waals surface area contributed by atoms with Crippen LogP contribution in [0.1, 0.15) is 21.9 Å². The van der Waals surface area contributed by atoms with Crippen molar-refractivity contribution in [1.29, 1.82) is 0 Å². The second kappa shape index (κ2) is 4.53. The minimum atomic E-state index is -5.46. The first-order valence-electron chi connectivity index (χ1n) is 4.31. The Balaban J connectivity index is 3.61. The van der Waals surface area contributed by atoms with Gasteiger partial charge in [-0.1, -0.05) is 0 Å². The Morgan fingerprint density at radius 2 is 1.42 bits per heavy atom. The minimum absolute atomic E-state index is 1.12. The van der Waals surface area contributed by atoms with Gasteiger partial charge in [0.25, 0.3) is 5.91 Å². The molecule has 1 heterocycles. The summed E-state index contributed by atoms with van der Waals surface area (Å²) in [6, 6.07) is 0. The van der Waals surface area contributed by atoms with Crippen molar-refractivity contribution in [3.63, 3.8) is 0 Å². The third-order valence-corrected chi connectivity index (χ3v) is 1.81. The van der Waals surface area contributed by atoms with Gasteiger partial charge in [0, 0.05) is 0 Å². The maximum atomic E-state index is 12.5. The van der Waals surface area contributed by atoms with Gasteiger partial charge in [0.05, 0.1) is 0 Å². The van der Waals surface area contributed by atoms with E-state index in [2.05, 4.69) is 15.8 Å². The lowest BCUT2D eigenvalue weighted by Crippen LogP contribution is -2.33. The fourth-order valence-corrected chi connectivity index (χ4v) is 1.08. The van der Waals surface area contributed by atoms with Crippen LogP contribution in [-0.2, 0) is 12.4 Å². The number of carbonyl (C=O) groups excluding carboxylic acids is 1. The number of anilines is 1. The van der Waals surface area contributed by atoms with Gasteiger partial charge in [-0.3, -0.25) is 10.2 Å². The Labute approximate surface area is 100 Å². The second-order valence-corrected chi connectivity index (χ2v) is 3.12. The number of amides is 1. The zero-order chi connectivity index (χ0) is 15.0. The van der Waals surface area contributed by atoms with Gasteiger partial charge in [0.2, 0.25) is 0 Å². The molecular formula is C7H5F6N5O. The van der Waals surface area contributed by atoms with Gasteiger partial charge in [-0.05, 0) is 0 Å². The van der Waals surface area contributed by atoms with Crippen LogP contribution in [0.4, 0.5) is 32.2 Å².